The van der Waals surface area contributed by atoms with Crippen molar-refractivity contribution in [2.75, 3.05) is 0 Å². The highest BCUT2D eigenvalue weighted by atomic mass is 35.5. The number of aromatic amines is 1. The van der Waals surface area contributed by atoms with E-state index in [1.165, 1.54) is 16.6 Å². The second-order valence-corrected chi connectivity index (χ2v) is 12.1. The van der Waals surface area contributed by atoms with Gasteiger partial charge in [-0.2, -0.15) is 4.98 Å². The highest BCUT2D eigenvalue weighted by Crippen LogP contribution is 2.32. The third kappa shape index (κ3) is 6.74. The van der Waals surface area contributed by atoms with Crippen molar-refractivity contribution in [3.8, 4) is 16.9 Å². The lowest BCUT2D eigenvalue weighted by Crippen LogP contribution is -2.37. The van der Waals surface area contributed by atoms with Crippen molar-refractivity contribution in [2.24, 2.45) is 5.73 Å². The third-order valence-corrected chi connectivity index (χ3v) is 8.64. The minimum atomic E-state index is -0.504. The molecule has 1 aliphatic heterocycles. The molecule has 1 saturated heterocycles. The fourth-order valence-electron chi connectivity index (χ4n) is 6.04. The van der Waals surface area contributed by atoms with Crippen LogP contribution in [0.2, 0.25) is 5.02 Å². The topological polar surface area (TPSA) is 107 Å². The minimum absolute atomic E-state index is 0.0663. The summed E-state index contributed by atoms with van der Waals surface area (Å²) in [6.45, 7) is 2.92. The lowest BCUT2D eigenvalue weighted by Gasteiger charge is -2.31. The van der Waals surface area contributed by atoms with Crippen molar-refractivity contribution < 1.29 is 4.39 Å². The van der Waals surface area contributed by atoms with Gasteiger partial charge in [0.25, 0.3) is 0 Å². The largest absolute Gasteiger partial charge is 0.354 e. The van der Waals surface area contributed by atoms with Gasteiger partial charge in [0.15, 0.2) is 5.82 Å². The Bertz CT molecular complexity index is 1740. The Morgan fingerprint density at radius 3 is 2.79 bits per heavy atom. The number of nitrogens with two attached hydrogens (primary N) is 1. The molecule has 0 radical (unpaired) electrons. The van der Waals surface area contributed by atoms with Gasteiger partial charge in [0.1, 0.15) is 5.65 Å². The first-order valence-corrected chi connectivity index (χ1v) is 15.4. The molecule has 1 aliphatic rings. The van der Waals surface area contributed by atoms with E-state index in [1.54, 1.807) is 18.3 Å². The smallest absolute Gasteiger partial charge is 0.339 e. The first-order chi connectivity index (χ1) is 20.8. The molecule has 4 heterocycles. The molecule has 1 fully saturated rings. The summed E-state index contributed by atoms with van der Waals surface area (Å²) in [7, 11) is 0. The van der Waals surface area contributed by atoms with E-state index in [1.807, 2.05) is 43.8 Å². The van der Waals surface area contributed by atoms with E-state index in [0.717, 1.165) is 56.3 Å². The van der Waals surface area contributed by atoms with Crippen molar-refractivity contribution in [1.82, 2.24) is 29.4 Å². The lowest BCUT2D eigenvalue weighted by molar-refractivity contribution is 0.303. The highest BCUT2D eigenvalue weighted by molar-refractivity contribution is 6.31. The summed E-state index contributed by atoms with van der Waals surface area (Å²) in [4.78, 5) is 24.6. The summed E-state index contributed by atoms with van der Waals surface area (Å²) in [6, 6.07) is 14.2. The quantitative estimate of drug-likeness (QED) is 0.174. The van der Waals surface area contributed by atoms with Gasteiger partial charge in [-0.3, -0.25) is 4.57 Å². The second-order valence-electron chi connectivity index (χ2n) is 11.7. The monoisotopic (exact) mass is 601 g/mol. The van der Waals surface area contributed by atoms with E-state index in [-0.39, 0.29) is 17.1 Å². The van der Waals surface area contributed by atoms with E-state index >= 15 is 4.39 Å². The normalized spacial score (nSPS) is 17.9. The molecule has 0 saturated carbocycles. The molecule has 224 valence electrons. The van der Waals surface area contributed by atoms with Crippen molar-refractivity contribution in [2.45, 2.75) is 76.5 Å². The minimum Gasteiger partial charge on any atom is -0.339 e. The molecule has 10 heteroatoms. The van der Waals surface area contributed by atoms with Gasteiger partial charge in [-0.05, 0) is 86.9 Å². The predicted molar refractivity (Wildman–Crippen MR) is 169 cm³/mol. The molecule has 4 N–H and O–H groups in total. The van der Waals surface area contributed by atoms with E-state index in [0.29, 0.717) is 28.3 Å². The predicted octanol–water partition coefficient (Wildman–Crippen LogP) is 6.31. The zero-order valence-corrected chi connectivity index (χ0v) is 25.0. The number of nitrogens with one attached hydrogen (secondary N) is 2. The van der Waals surface area contributed by atoms with Crippen LogP contribution >= 0.6 is 11.6 Å². The fraction of sp³-hybridized carbons (Fsp3) is 0.364. The molecular formula is C33H37ClFN7O. The van der Waals surface area contributed by atoms with Crippen LogP contribution in [0.1, 0.15) is 62.6 Å². The maximum absolute atomic E-state index is 15.1. The van der Waals surface area contributed by atoms with Crippen molar-refractivity contribution >= 4 is 22.6 Å². The van der Waals surface area contributed by atoms with Crippen LogP contribution in [0.3, 0.4) is 0 Å². The number of rotatable bonds is 10. The van der Waals surface area contributed by atoms with E-state index in [4.69, 9.17) is 17.3 Å². The Hall–Kier alpha value is -3.79. The van der Waals surface area contributed by atoms with Gasteiger partial charge in [0.05, 0.1) is 22.7 Å². The number of piperidine rings is 1. The molecule has 8 nitrogen and oxygen atoms in total. The van der Waals surface area contributed by atoms with E-state index in [2.05, 4.69) is 37.0 Å². The number of imidazole rings is 1. The third-order valence-electron chi connectivity index (χ3n) is 8.36. The van der Waals surface area contributed by atoms with Gasteiger partial charge in [-0.1, -0.05) is 30.2 Å². The van der Waals surface area contributed by atoms with Crippen LogP contribution < -0.4 is 16.7 Å². The molecular weight excluding hydrogens is 565 g/mol. The molecule has 0 aliphatic carbocycles. The van der Waals surface area contributed by atoms with E-state index < -0.39 is 11.5 Å². The van der Waals surface area contributed by atoms with Gasteiger partial charge in [-0.25, -0.2) is 14.2 Å². The van der Waals surface area contributed by atoms with Gasteiger partial charge >= 0.3 is 5.69 Å². The Balaban J connectivity index is 1.20. The molecule has 0 amide bonds. The summed E-state index contributed by atoms with van der Waals surface area (Å²) in [5.74, 6) is -0.504. The summed E-state index contributed by atoms with van der Waals surface area (Å²) in [5, 5.41) is 4.58. The molecule has 2 aromatic carbocycles. The van der Waals surface area contributed by atoms with Crippen molar-refractivity contribution in [3.63, 3.8) is 0 Å². The lowest BCUT2D eigenvalue weighted by atomic mass is 9.92. The average Bonchev–Trinajstić information content (AvgIpc) is 3.67. The number of hydrogen-bond acceptors (Lipinski definition) is 5. The molecule has 3 aromatic heterocycles. The molecule has 0 unspecified atom stereocenters. The standard InChI is InChI=1S/C33H37ClFN7O/c1-21(36)4-2-5-22-16-27(31(35)28(34)17-22)30-18-24-19-42(33(43)40-32(24)39-30)26-10-8-23(9-11-26)29-7-3-6-25(38-29)12-14-41-15-13-37-20-41/h8-11,13,15-21,25,29,38H,2-7,12,14,36H2,1H3,(H,39,40,43)/t21-,25-,29-/m0/s1. The maximum Gasteiger partial charge on any atom is 0.354 e. The van der Waals surface area contributed by atoms with Crippen LogP contribution in [0.4, 0.5) is 4.39 Å². The number of benzene rings is 2. The van der Waals surface area contributed by atoms with Crippen LogP contribution in [0, 0.1) is 5.82 Å². The number of hydrogen-bond donors (Lipinski definition) is 3. The number of nitrogens with zero attached hydrogens (tertiary/aromatic N) is 4. The van der Waals surface area contributed by atoms with Gasteiger partial charge in [-0.15, -0.1) is 0 Å². The Kier molecular flexibility index (Phi) is 8.74. The van der Waals surface area contributed by atoms with Gasteiger partial charge in [0.2, 0.25) is 0 Å². The molecule has 0 spiro atoms. The summed E-state index contributed by atoms with van der Waals surface area (Å²) >= 11 is 6.26. The molecule has 43 heavy (non-hydrogen) atoms. The number of halogens is 2. The van der Waals surface area contributed by atoms with Gasteiger partial charge < -0.3 is 20.6 Å². The van der Waals surface area contributed by atoms with Crippen LogP contribution in [-0.4, -0.2) is 36.2 Å². The number of aryl methyl sites for hydroxylation is 2. The van der Waals surface area contributed by atoms with Crippen LogP contribution in [0.25, 0.3) is 28.0 Å². The molecule has 0 bridgehead atoms. The number of H-pyrrole nitrogens is 1. The van der Waals surface area contributed by atoms with Crippen LogP contribution in [0.5, 0.6) is 0 Å². The molecule has 3 atom stereocenters. The van der Waals surface area contributed by atoms with Crippen LogP contribution in [0.15, 0.2) is 72.2 Å². The first-order valence-electron chi connectivity index (χ1n) is 15.0. The SMILES string of the molecule is C[C@H](N)CCCc1cc(Cl)c(F)c(-c2cc3cn(-c4ccc([C@@H]5CCC[C@@H](CCn6ccnc6)N5)cc4)c(=O)nc3[nH]2)c1. The first kappa shape index (κ1) is 29.3. The summed E-state index contributed by atoms with van der Waals surface area (Å²) < 4.78 is 18.8. The maximum atomic E-state index is 15.1. The zero-order chi connectivity index (χ0) is 29.9. The fourth-order valence-corrected chi connectivity index (χ4v) is 6.28. The highest BCUT2D eigenvalue weighted by Gasteiger charge is 2.22. The molecule has 5 aromatic rings. The Morgan fingerprint density at radius 2 is 2.02 bits per heavy atom. The summed E-state index contributed by atoms with van der Waals surface area (Å²) in [5.41, 5.74) is 9.61. The zero-order valence-electron chi connectivity index (χ0n) is 24.3. The molecule has 6 rings (SSSR count). The Morgan fingerprint density at radius 1 is 1.19 bits per heavy atom. The van der Waals surface area contributed by atoms with Crippen LogP contribution in [-0.2, 0) is 13.0 Å². The van der Waals surface area contributed by atoms with Crippen molar-refractivity contribution in [3.05, 3.63) is 99.8 Å². The Labute approximate surface area is 255 Å². The summed E-state index contributed by atoms with van der Waals surface area (Å²) in [6.07, 6.45) is 14.4. The number of aromatic nitrogens is 5. The van der Waals surface area contributed by atoms with Crippen molar-refractivity contribution in [1.29, 1.82) is 0 Å². The average molecular weight is 602 g/mol. The van der Waals surface area contributed by atoms with Gasteiger partial charge in [0, 0.05) is 54.2 Å². The van der Waals surface area contributed by atoms with E-state index in [9.17, 15) is 4.79 Å². The number of fused-ring (bicyclic) bond motifs is 1. The second kappa shape index (κ2) is 12.8.